The highest BCUT2D eigenvalue weighted by molar-refractivity contribution is 5.98. The van der Waals surface area contributed by atoms with E-state index in [1.54, 1.807) is 0 Å². The van der Waals surface area contributed by atoms with Gasteiger partial charge in [-0.3, -0.25) is 4.79 Å². The Bertz CT molecular complexity index is 947. The number of benzene rings is 2. The normalized spacial score (nSPS) is 19.2. The number of carbonyl (C=O) groups is 1. The summed E-state index contributed by atoms with van der Waals surface area (Å²) < 4.78 is 6.05. The molecule has 5 nitrogen and oxygen atoms in total. The molecule has 27 heavy (non-hydrogen) atoms. The van der Waals surface area contributed by atoms with Crippen LogP contribution in [0.1, 0.15) is 65.4 Å². The van der Waals surface area contributed by atoms with Crippen molar-refractivity contribution >= 4 is 5.78 Å². The molecule has 4 rings (SSSR count). The molecule has 3 aromatic rings. The minimum Gasteiger partial charge on any atom is -0.423 e. The summed E-state index contributed by atoms with van der Waals surface area (Å²) in [4.78, 5) is 12.4. The fourth-order valence-electron chi connectivity index (χ4n) is 3.77. The summed E-state index contributed by atoms with van der Waals surface area (Å²) in [5.41, 5.74) is 8.60. The molecule has 0 bridgehead atoms. The summed E-state index contributed by atoms with van der Waals surface area (Å²) in [6.45, 7) is 1.90. The summed E-state index contributed by atoms with van der Waals surface area (Å²) in [7, 11) is 0. The molecule has 0 spiro atoms. The molecule has 0 saturated heterocycles. The van der Waals surface area contributed by atoms with Gasteiger partial charge in [-0.2, -0.15) is 0 Å². The van der Waals surface area contributed by atoms with Crippen molar-refractivity contribution in [3.8, 4) is 0 Å². The summed E-state index contributed by atoms with van der Waals surface area (Å²) >= 11 is 0. The predicted molar refractivity (Wildman–Crippen MR) is 102 cm³/mol. The third-order valence-electron chi connectivity index (χ3n) is 5.17. The molecule has 0 amide bonds. The van der Waals surface area contributed by atoms with Gasteiger partial charge in [0.1, 0.15) is 0 Å². The number of nitrogens with zero attached hydrogens (tertiary/aromatic N) is 2. The molecule has 0 fully saturated rings. The highest BCUT2D eigenvalue weighted by Crippen LogP contribution is 2.36. The van der Waals surface area contributed by atoms with E-state index in [9.17, 15) is 4.79 Å². The van der Waals surface area contributed by atoms with Crippen molar-refractivity contribution in [2.75, 3.05) is 0 Å². The molecule has 2 N–H and O–H groups in total. The van der Waals surface area contributed by atoms with Crippen molar-refractivity contribution < 1.29 is 9.21 Å². The molecule has 2 atom stereocenters. The highest BCUT2D eigenvalue weighted by atomic mass is 16.4. The molecule has 5 heteroatoms. The van der Waals surface area contributed by atoms with E-state index in [4.69, 9.17) is 10.2 Å². The van der Waals surface area contributed by atoms with Crippen molar-refractivity contribution in [3.05, 3.63) is 83.1 Å². The number of hydrogen-bond acceptors (Lipinski definition) is 5. The topological polar surface area (TPSA) is 82.0 Å². The Hall–Kier alpha value is -2.79. The number of Topliss-reactive ketones (excluding diaryl/α,β-unsaturated/α-hetero) is 1. The monoisotopic (exact) mass is 361 g/mol. The maximum absolute atomic E-state index is 12.4. The first kappa shape index (κ1) is 17.6. The van der Waals surface area contributed by atoms with Gasteiger partial charge in [0, 0.05) is 12.0 Å². The number of ketones is 1. The van der Waals surface area contributed by atoms with E-state index in [2.05, 4.69) is 10.2 Å². The summed E-state index contributed by atoms with van der Waals surface area (Å²) in [6.07, 6.45) is 2.77. The van der Waals surface area contributed by atoms with Gasteiger partial charge in [0.05, 0.1) is 11.5 Å². The van der Waals surface area contributed by atoms with Gasteiger partial charge in [-0.15, -0.1) is 10.2 Å². The molecule has 138 valence electrons. The molecular weight excluding hydrogens is 338 g/mol. The SMILES string of the molecule is C[C@@](N)(Cc1ccccc1)c1nnc(C2CCCC(=O)c3ccccc32)o1. The first-order valence-corrected chi connectivity index (χ1v) is 9.33. The van der Waals surface area contributed by atoms with E-state index in [0.29, 0.717) is 24.6 Å². The van der Waals surface area contributed by atoms with Crippen molar-refractivity contribution in [2.24, 2.45) is 5.73 Å². The minimum absolute atomic E-state index is 0.0681. The smallest absolute Gasteiger partial charge is 0.236 e. The van der Waals surface area contributed by atoms with E-state index in [1.165, 1.54) is 0 Å². The van der Waals surface area contributed by atoms with Gasteiger partial charge in [0.2, 0.25) is 11.8 Å². The second kappa shape index (κ2) is 7.08. The summed E-state index contributed by atoms with van der Waals surface area (Å²) in [5, 5.41) is 8.56. The average molecular weight is 361 g/mol. The maximum Gasteiger partial charge on any atom is 0.236 e. The fraction of sp³-hybridized carbons (Fsp3) is 0.318. The van der Waals surface area contributed by atoms with Gasteiger partial charge < -0.3 is 10.2 Å². The highest BCUT2D eigenvalue weighted by Gasteiger charge is 2.32. The first-order valence-electron chi connectivity index (χ1n) is 9.33. The van der Waals surface area contributed by atoms with E-state index in [0.717, 1.165) is 29.5 Å². The van der Waals surface area contributed by atoms with Crippen LogP contribution in [-0.4, -0.2) is 16.0 Å². The van der Waals surface area contributed by atoms with Crippen LogP contribution in [0.5, 0.6) is 0 Å². The molecule has 1 aliphatic carbocycles. The van der Waals surface area contributed by atoms with Crippen LogP contribution in [0.25, 0.3) is 0 Å². The zero-order valence-corrected chi connectivity index (χ0v) is 15.4. The van der Waals surface area contributed by atoms with Crippen LogP contribution in [0.2, 0.25) is 0 Å². The Morgan fingerprint density at radius 2 is 1.85 bits per heavy atom. The van der Waals surface area contributed by atoms with Crippen LogP contribution in [0.15, 0.2) is 59.0 Å². The van der Waals surface area contributed by atoms with Crippen LogP contribution in [-0.2, 0) is 12.0 Å². The molecule has 0 radical (unpaired) electrons. The number of fused-ring (bicyclic) bond motifs is 1. The van der Waals surface area contributed by atoms with Crippen LogP contribution in [0.3, 0.4) is 0 Å². The van der Waals surface area contributed by atoms with Gasteiger partial charge in [-0.05, 0) is 37.3 Å². The molecule has 1 heterocycles. The zero-order chi connectivity index (χ0) is 18.9. The zero-order valence-electron chi connectivity index (χ0n) is 15.4. The van der Waals surface area contributed by atoms with E-state index in [-0.39, 0.29) is 11.7 Å². The first-order chi connectivity index (χ1) is 13.0. The van der Waals surface area contributed by atoms with Crippen LogP contribution in [0.4, 0.5) is 0 Å². The lowest BCUT2D eigenvalue weighted by Gasteiger charge is -2.20. The summed E-state index contributed by atoms with van der Waals surface area (Å²) in [6, 6.07) is 17.8. The van der Waals surface area contributed by atoms with E-state index < -0.39 is 5.54 Å². The fourth-order valence-corrected chi connectivity index (χ4v) is 3.77. The number of hydrogen-bond donors (Lipinski definition) is 1. The third-order valence-corrected chi connectivity index (χ3v) is 5.17. The van der Waals surface area contributed by atoms with Crippen molar-refractivity contribution in [1.82, 2.24) is 10.2 Å². The Labute approximate surface area is 158 Å². The number of aromatic nitrogens is 2. The third kappa shape index (κ3) is 3.55. The average Bonchev–Trinajstić information content (AvgIpc) is 3.10. The maximum atomic E-state index is 12.4. The number of nitrogens with two attached hydrogens (primary N) is 1. The second-order valence-electron chi connectivity index (χ2n) is 7.48. The molecule has 0 saturated carbocycles. The largest absolute Gasteiger partial charge is 0.423 e. The Morgan fingerprint density at radius 3 is 2.67 bits per heavy atom. The summed E-state index contributed by atoms with van der Waals surface area (Å²) in [5.74, 6) is 1.08. The second-order valence-corrected chi connectivity index (χ2v) is 7.48. The van der Waals surface area contributed by atoms with Gasteiger partial charge >= 0.3 is 0 Å². The molecule has 1 aromatic heterocycles. The number of carbonyl (C=O) groups excluding carboxylic acids is 1. The Balaban J connectivity index is 1.64. The quantitative estimate of drug-likeness (QED) is 0.711. The molecule has 2 aromatic carbocycles. The van der Waals surface area contributed by atoms with Gasteiger partial charge in [-0.25, -0.2) is 0 Å². The lowest BCUT2D eigenvalue weighted by molar-refractivity contribution is 0.0982. The van der Waals surface area contributed by atoms with Crippen molar-refractivity contribution in [2.45, 2.75) is 44.1 Å². The predicted octanol–water partition coefficient (Wildman–Crippen LogP) is 3.98. The number of rotatable bonds is 4. The van der Waals surface area contributed by atoms with E-state index in [1.807, 2.05) is 61.5 Å². The van der Waals surface area contributed by atoms with Gasteiger partial charge in [-0.1, -0.05) is 54.6 Å². The van der Waals surface area contributed by atoms with Crippen LogP contribution < -0.4 is 5.73 Å². The molecule has 1 unspecified atom stereocenters. The standard InChI is InChI=1S/C22H23N3O2/c1-22(23,14-15-8-3-2-4-9-15)21-25-24-20(27-21)18-12-7-13-19(26)17-11-6-5-10-16(17)18/h2-6,8-11,18H,7,12-14,23H2,1H3/t18?,22-/m1/s1. The van der Waals surface area contributed by atoms with Crippen molar-refractivity contribution in [3.63, 3.8) is 0 Å². The lowest BCUT2D eigenvalue weighted by atomic mass is 9.92. The van der Waals surface area contributed by atoms with Crippen LogP contribution in [0, 0.1) is 0 Å². The minimum atomic E-state index is -0.757. The van der Waals surface area contributed by atoms with E-state index >= 15 is 0 Å². The molecule has 1 aliphatic rings. The lowest BCUT2D eigenvalue weighted by Crippen LogP contribution is -2.35. The van der Waals surface area contributed by atoms with Crippen LogP contribution >= 0.6 is 0 Å². The Kier molecular flexibility index (Phi) is 4.62. The Morgan fingerprint density at radius 1 is 1.11 bits per heavy atom. The van der Waals surface area contributed by atoms with Crippen molar-refractivity contribution in [1.29, 1.82) is 0 Å². The molecule has 0 aliphatic heterocycles. The van der Waals surface area contributed by atoms with Gasteiger partial charge in [0.25, 0.3) is 0 Å². The van der Waals surface area contributed by atoms with Gasteiger partial charge in [0.15, 0.2) is 5.78 Å². The molecular formula is C22H23N3O2.